The highest BCUT2D eigenvalue weighted by Gasteiger charge is 2.26. The van der Waals surface area contributed by atoms with Crippen molar-refractivity contribution in [3.63, 3.8) is 0 Å². The molecule has 6 nitrogen and oxygen atoms in total. The average Bonchev–Trinajstić information content (AvgIpc) is 2.70. The summed E-state index contributed by atoms with van der Waals surface area (Å²) in [4.78, 5) is 21.4. The van der Waals surface area contributed by atoms with Gasteiger partial charge >= 0.3 is 5.97 Å². The van der Waals surface area contributed by atoms with Gasteiger partial charge in [0, 0.05) is 26.2 Å². The van der Waals surface area contributed by atoms with E-state index in [-0.39, 0.29) is 11.9 Å². The second-order valence-electron chi connectivity index (χ2n) is 7.48. The Morgan fingerprint density at radius 1 is 1.08 bits per heavy atom. The Labute approximate surface area is 159 Å². The zero-order chi connectivity index (χ0) is 18.6. The number of carbonyl (C=O) groups excluding carboxylic acids is 1. The fourth-order valence-electron chi connectivity index (χ4n) is 3.91. The van der Waals surface area contributed by atoms with Crippen molar-refractivity contribution >= 4 is 11.9 Å². The van der Waals surface area contributed by atoms with Gasteiger partial charge in [-0.25, -0.2) is 0 Å². The van der Waals surface area contributed by atoms with Gasteiger partial charge in [-0.15, -0.1) is 0 Å². The van der Waals surface area contributed by atoms with Gasteiger partial charge < -0.3 is 19.9 Å². The molecular weight excluding hydrogens is 328 g/mol. The first-order chi connectivity index (χ1) is 12.7. The normalized spacial score (nSPS) is 20.2. The number of aliphatic imine (C=N–C) groups is 1. The number of hydrogen-bond acceptors (Lipinski definition) is 4. The number of guanidine groups is 1. The van der Waals surface area contributed by atoms with E-state index in [4.69, 9.17) is 9.73 Å². The van der Waals surface area contributed by atoms with E-state index in [1.807, 2.05) is 0 Å². The molecule has 2 aliphatic rings. The summed E-state index contributed by atoms with van der Waals surface area (Å²) in [6.07, 6.45) is 9.57. The molecule has 0 bridgehead atoms. The van der Waals surface area contributed by atoms with Crippen LogP contribution in [0.3, 0.4) is 0 Å². The lowest BCUT2D eigenvalue weighted by molar-refractivity contribution is -0.146. The molecule has 2 rings (SSSR count). The Kier molecular flexibility index (Phi) is 9.82. The molecule has 0 aromatic heterocycles. The Bertz CT molecular complexity index is 428. The van der Waals surface area contributed by atoms with Crippen LogP contribution < -0.4 is 5.32 Å². The second kappa shape index (κ2) is 12.2. The van der Waals surface area contributed by atoms with E-state index in [9.17, 15) is 4.79 Å². The topological polar surface area (TPSA) is 57.2 Å². The summed E-state index contributed by atoms with van der Waals surface area (Å²) in [7, 11) is 1.48. The van der Waals surface area contributed by atoms with Crippen LogP contribution in [-0.2, 0) is 9.53 Å². The van der Waals surface area contributed by atoms with Crippen LogP contribution in [-0.4, -0.2) is 74.7 Å². The first-order valence-electron chi connectivity index (χ1n) is 10.6. The van der Waals surface area contributed by atoms with Gasteiger partial charge in [0.15, 0.2) is 5.96 Å². The van der Waals surface area contributed by atoms with Crippen molar-refractivity contribution in [3.05, 3.63) is 0 Å². The van der Waals surface area contributed by atoms with E-state index < -0.39 is 0 Å². The summed E-state index contributed by atoms with van der Waals surface area (Å²) < 4.78 is 4.87. The number of carbonyl (C=O) groups is 1. The van der Waals surface area contributed by atoms with Crippen LogP contribution in [0.25, 0.3) is 0 Å². The molecule has 2 fully saturated rings. The molecule has 0 aliphatic carbocycles. The number of esters is 1. The van der Waals surface area contributed by atoms with Gasteiger partial charge in [0.25, 0.3) is 0 Å². The third-order valence-electron chi connectivity index (χ3n) is 5.51. The Hall–Kier alpha value is -1.30. The zero-order valence-electron chi connectivity index (χ0n) is 16.8. The molecular formula is C20H38N4O2. The molecule has 26 heavy (non-hydrogen) atoms. The van der Waals surface area contributed by atoms with Gasteiger partial charge in [-0.2, -0.15) is 0 Å². The fourth-order valence-corrected chi connectivity index (χ4v) is 3.91. The number of ether oxygens (including phenoxy) is 1. The maximum atomic E-state index is 11.7. The van der Waals surface area contributed by atoms with Gasteiger partial charge in [-0.05, 0) is 65.1 Å². The molecule has 2 heterocycles. The maximum absolute atomic E-state index is 11.7. The van der Waals surface area contributed by atoms with Crippen molar-refractivity contribution in [2.24, 2.45) is 10.9 Å². The van der Waals surface area contributed by atoms with Crippen molar-refractivity contribution in [2.75, 3.05) is 52.9 Å². The number of rotatable bonds is 8. The summed E-state index contributed by atoms with van der Waals surface area (Å²) in [5.74, 6) is 0.987. The first kappa shape index (κ1) is 21.0. The van der Waals surface area contributed by atoms with E-state index in [0.29, 0.717) is 0 Å². The fraction of sp³-hybridized carbons (Fsp3) is 0.900. The second-order valence-corrected chi connectivity index (χ2v) is 7.48. The third-order valence-corrected chi connectivity index (χ3v) is 5.51. The first-order valence-corrected chi connectivity index (χ1v) is 10.6. The van der Waals surface area contributed by atoms with Crippen LogP contribution >= 0.6 is 0 Å². The van der Waals surface area contributed by atoms with Crippen molar-refractivity contribution in [1.29, 1.82) is 0 Å². The Balaban J connectivity index is 1.65. The number of likely N-dealkylation sites (tertiary alicyclic amines) is 2. The third kappa shape index (κ3) is 7.14. The van der Waals surface area contributed by atoms with Gasteiger partial charge in [0.1, 0.15) is 0 Å². The van der Waals surface area contributed by atoms with Crippen LogP contribution in [0.4, 0.5) is 0 Å². The molecule has 0 saturated carbocycles. The number of piperidine rings is 2. The molecule has 0 aromatic carbocycles. The van der Waals surface area contributed by atoms with E-state index in [1.165, 1.54) is 58.8 Å². The van der Waals surface area contributed by atoms with Crippen LogP contribution in [0.1, 0.15) is 58.3 Å². The molecule has 0 spiro atoms. The van der Waals surface area contributed by atoms with Gasteiger partial charge in [-0.3, -0.25) is 9.79 Å². The predicted molar refractivity (Wildman–Crippen MR) is 106 cm³/mol. The number of methoxy groups -OCH3 is 1. The largest absolute Gasteiger partial charge is 0.469 e. The molecule has 0 amide bonds. The maximum Gasteiger partial charge on any atom is 0.308 e. The van der Waals surface area contributed by atoms with E-state index >= 15 is 0 Å². The number of unbranched alkanes of at least 4 members (excludes halogenated alkanes) is 2. The van der Waals surface area contributed by atoms with Crippen LogP contribution in [0.2, 0.25) is 0 Å². The molecule has 0 aromatic rings. The smallest absolute Gasteiger partial charge is 0.308 e. The minimum Gasteiger partial charge on any atom is -0.469 e. The quantitative estimate of drug-likeness (QED) is 0.310. The Morgan fingerprint density at radius 2 is 1.81 bits per heavy atom. The van der Waals surface area contributed by atoms with E-state index in [1.54, 1.807) is 0 Å². The van der Waals surface area contributed by atoms with Gasteiger partial charge in [0.2, 0.25) is 0 Å². The molecule has 6 heteroatoms. The van der Waals surface area contributed by atoms with Crippen molar-refractivity contribution in [1.82, 2.24) is 15.1 Å². The molecule has 0 atom stereocenters. The molecule has 2 saturated heterocycles. The van der Waals surface area contributed by atoms with Gasteiger partial charge in [0.05, 0.1) is 13.0 Å². The lowest BCUT2D eigenvalue weighted by atomic mass is 9.97. The lowest BCUT2D eigenvalue weighted by Gasteiger charge is -2.33. The van der Waals surface area contributed by atoms with E-state index in [0.717, 1.165) is 51.4 Å². The van der Waals surface area contributed by atoms with Crippen LogP contribution in [0.15, 0.2) is 4.99 Å². The summed E-state index contributed by atoms with van der Waals surface area (Å²) in [6, 6.07) is 0. The zero-order valence-corrected chi connectivity index (χ0v) is 16.8. The minimum atomic E-state index is -0.0692. The number of nitrogens with one attached hydrogen (secondary N) is 1. The van der Waals surface area contributed by atoms with Crippen molar-refractivity contribution in [2.45, 2.75) is 58.3 Å². The molecule has 2 aliphatic heterocycles. The van der Waals surface area contributed by atoms with E-state index in [2.05, 4.69) is 22.0 Å². The molecule has 0 radical (unpaired) electrons. The number of hydrogen-bond donors (Lipinski definition) is 1. The van der Waals surface area contributed by atoms with Crippen LogP contribution in [0, 0.1) is 5.92 Å². The highest BCUT2D eigenvalue weighted by atomic mass is 16.5. The number of nitrogens with zero attached hydrogens (tertiary/aromatic N) is 3. The summed E-state index contributed by atoms with van der Waals surface area (Å²) in [6.45, 7) is 9.47. The molecule has 1 N–H and O–H groups in total. The molecule has 150 valence electrons. The molecule has 0 unspecified atom stereocenters. The summed E-state index contributed by atoms with van der Waals surface area (Å²) in [5.41, 5.74) is 0. The van der Waals surface area contributed by atoms with Crippen molar-refractivity contribution in [3.8, 4) is 0 Å². The summed E-state index contributed by atoms with van der Waals surface area (Å²) in [5, 5.41) is 3.40. The predicted octanol–water partition coefficient (Wildman–Crippen LogP) is 2.49. The Morgan fingerprint density at radius 3 is 2.46 bits per heavy atom. The van der Waals surface area contributed by atoms with Crippen molar-refractivity contribution < 1.29 is 9.53 Å². The average molecular weight is 367 g/mol. The standard InChI is InChI=1S/C20H38N4O2/c1-3-21-20(24-16-10-18(11-17-24)19(25)26-2)22-12-6-4-7-13-23-14-8-5-9-15-23/h18H,3-17H2,1-2H3,(H,21,22). The summed E-state index contributed by atoms with van der Waals surface area (Å²) >= 11 is 0. The SMILES string of the molecule is CCNC(=NCCCCCN1CCCCC1)N1CCC(C(=O)OC)CC1. The monoisotopic (exact) mass is 366 g/mol. The minimum absolute atomic E-state index is 0.0499. The lowest BCUT2D eigenvalue weighted by Crippen LogP contribution is -2.46. The van der Waals surface area contributed by atoms with Gasteiger partial charge in [-0.1, -0.05) is 12.8 Å². The highest BCUT2D eigenvalue weighted by Crippen LogP contribution is 2.18. The van der Waals surface area contributed by atoms with Crippen LogP contribution in [0.5, 0.6) is 0 Å². The highest BCUT2D eigenvalue weighted by molar-refractivity contribution is 5.80.